The number of aliphatic hydroxyl groups is 1. The van der Waals surface area contributed by atoms with Gasteiger partial charge in [0, 0.05) is 11.3 Å². The minimum atomic E-state index is -0.797. The van der Waals surface area contributed by atoms with Crippen LogP contribution in [0.3, 0.4) is 0 Å². The van der Waals surface area contributed by atoms with E-state index >= 15 is 0 Å². The molecule has 0 radical (unpaired) electrons. The maximum atomic E-state index is 13.4. The monoisotopic (exact) mass is 457 g/mol. The number of amides is 1. The van der Waals surface area contributed by atoms with Crippen LogP contribution in [0.2, 0.25) is 0 Å². The number of carbonyl (C=O) groups excluding carboxylic acids is 2. The molecule has 0 saturated carbocycles. The van der Waals surface area contributed by atoms with Crippen molar-refractivity contribution in [2.45, 2.75) is 26.8 Å². The van der Waals surface area contributed by atoms with E-state index < -0.39 is 17.7 Å². The Morgan fingerprint density at radius 3 is 2.21 bits per heavy atom. The first-order chi connectivity index (χ1) is 16.3. The van der Waals surface area contributed by atoms with Crippen LogP contribution >= 0.6 is 0 Å². The van der Waals surface area contributed by atoms with Crippen molar-refractivity contribution < 1.29 is 24.2 Å². The van der Waals surface area contributed by atoms with Crippen LogP contribution in [0.4, 0.5) is 5.69 Å². The Bertz CT molecular complexity index is 1310. The van der Waals surface area contributed by atoms with E-state index in [0.29, 0.717) is 28.3 Å². The number of carbonyl (C=O) groups is 2. The first-order valence-corrected chi connectivity index (χ1v) is 10.9. The number of rotatable bonds is 5. The lowest BCUT2D eigenvalue weighted by Crippen LogP contribution is -2.29. The largest absolute Gasteiger partial charge is 0.507 e. The number of nitrogens with zero attached hydrogens (tertiary/aromatic N) is 1. The van der Waals surface area contributed by atoms with Gasteiger partial charge in [0.25, 0.3) is 11.7 Å². The van der Waals surface area contributed by atoms with Crippen LogP contribution in [0.15, 0.2) is 66.2 Å². The van der Waals surface area contributed by atoms with Crippen LogP contribution in [0, 0.1) is 20.8 Å². The summed E-state index contributed by atoms with van der Waals surface area (Å²) in [7, 11) is 3.15. The maximum absolute atomic E-state index is 13.4. The first kappa shape index (κ1) is 23.1. The van der Waals surface area contributed by atoms with Gasteiger partial charge in [0.05, 0.1) is 25.8 Å². The second-order valence-corrected chi connectivity index (χ2v) is 8.42. The molecule has 0 aliphatic carbocycles. The highest BCUT2D eigenvalue weighted by molar-refractivity contribution is 6.51. The maximum Gasteiger partial charge on any atom is 0.300 e. The fourth-order valence-electron chi connectivity index (χ4n) is 4.39. The van der Waals surface area contributed by atoms with Gasteiger partial charge in [0.1, 0.15) is 17.3 Å². The zero-order chi connectivity index (χ0) is 24.6. The third kappa shape index (κ3) is 3.92. The third-order valence-corrected chi connectivity index (χ3v) is 6.15. The molecule has 1 aliphatic rings. The van der Waals surface area contributed by atoms with Gasteiger partial charge in [-0.15, -0.1) is 0 Å². The lowest BCUT2D eigenvalue weighted by Gasteiger charge is -2.26. The van der Waals surface area contributed by atoms with E-state index in [1.54, 1.807) is 50.6 Å². The van der Waals surface area contributed by atoms with Gasteiger partial charge in [-0.25, -0.2) is 0 Å². The van der Waals surface area contributed by atoms with Crippen LogP contribution in [-0.4, -0.2) is 31.0 Å². The van der Waals surface area contributed by atoms with E-state index in [-0.39, 0.29) is 11.3 Å². The number of ketones is 1. The normalized spacial score (nSPS) is 17.2. The van der Waals surface area contributed by atoms with Gasteiger partial charge in [-0.05, 0) is 79.4 Å². The second kappa shape index (κ2) is 9.06. The van der Waals surface area contributed by atoms with Crippen molar-refractivity contribution in [2.75, 3.05) is 19.1 Å². The topological polar surface area (TPSA) is 76.1 Å². The number of benzene rings is 3. The van der Waals surface area contributed by atoms with Gasteiger partial charge in [-0.3, -0.25) is 14.5 Å². The molecule has 6 heteroatoms. The van der Waals surface area contributed by atoms with E-state index in [1.807, 2.05) is 45.0 Å². The SMILES string of the molecule is COc1ccc(C2/C(=C(\O)c3cc(C)c(OC)cc3C)C(=O)C(=O)N2c2cccc(C)c2)cc1. The molecule has 174 valence electrons. The van der Waals surface area contributed by atoms with Crippen molar-refractivity contribution in [2.24, 2.45) is 0 Å². The molecule has 34 heavy (non-hydrogen) atoms. The van der Waals surface area contributed by atoms with E-state index in [0.717, 1.165) is 16.7 Å². The summed E-state index contributed by atoms with van der Waals surface area (Å²) in [5.41, 5.74) is 4.30. The van der Waals surface area contributed by atoms with Crippen LogP contribution in [-0.2, 0) is 9.59 Å². The molecule has 1 N–H and O–H groups in total. The average Bonchev–Trinajstić information content (AvgIpc) is 3.10. The molecule has 0 spiro atoms. The lowest BCUT2D eigenvalue weighted by atomic mass is 9.93. The Morgan fingerprint density at radius 2 is 1.59 bits per heavy atom. The lowest BCUT2D eigenvalue weighted by molar-refractivity contribution is -0.132. The Labute approximate surface area is 199 Å². The summed E-state index contributed by atoms with van der Waals surface area (Å²) in [5.74, 6) is -0.292. The molecule has 3 aromatic carbocycles. The van der Waals surface area contributed by atoms with E-state index in [4.69, 9.17) is 9.47 Å². The molecule has 1 amide bonds. The van der Waals surface area contributed by atoms with Crippen LogP contribution < -0.4 is 14.4 Å². The minimum Gasteiger partial charge on any atom is -0.507 e. The van der Waals surface area contributed by atoms with Crippen LogP contribution in [0.1, 0.15) is 33.9 Å². The van der Waals surface area contributed by atoms with Crippen molar-refractivity contribution in [1.29, 1.82) is 0 Å². The van der Waals surface area contributed by atoms with Gasteiger partial charge in [0.2, 0.25) is 0 Å². The molecule has 1 saturated heterocycles. The number of hydrogen-bond acceptors (Lipinski definition) is 5. The van der Waals surface area contributed by atoms with Gasteiger partial charge in [-0.1, -0.05) is 24.3 Å². The zero-order valence-electron chi connectivity index (χ0n) is 19.9. The molecule has 1 atom stereocenters. The molecule has 6 nitrogen and oxygen atoms in total. The average molecular weight is 458 g/mol. The second-order valence-electron chi connectivity index (χ2n) is 8.42. The highest BCUT2D eigenvalue weighted by Crippen LogP contribution is 2.43. The smallest absolute Gasteiger partial charge is 0.300 e. The Hall–Kier alpha value is -4.06. The van der Waals surface area contributed by atoms with Crippen molar-refractivity contribution in [3.05, 3.63) is 94.1 Å². The van der Waals surface area contributed by atoms with Gasteiger partial charge < -0.3 is 14.6 Å². The summed E-state index contributed by atoms with van der Waals surface area (Å²) >= 11 is 0. The van der Waals surface area contributed by atoms with E-state index in [2.05, 4.69) is 0 Å². The predicted molar refractivity (Wildman–Crippen MR) is 131 cm³/mol. The third-order valence-electron chi connectivity index (χ3n) is 6.15. The minimum absolute atomic E-state index is 0.0457. The molecule has 1 fully saturated rings. The van der Waals surface area contributed by atoms with E-state index in [9.17, 15) is 14.7 Å². The molecule has 0 bridgehead atoms. The summed E-state index contributed by atoms with van der Waals surface area (Å²) in [5, 5.41) is 11.4. The molecular weight excluding hydrogens is 430 g/mol. The fourth-order valence-corrected chi connectivity index (χ4v) is 4.39. The highest BCUT2D eigenvalue weighted by Gasteiger charge is 2.47. The summed E-state index contributed by atoms with van der Waals surface area (Å²) in [6, 6.07) is 17.3. The zero-order valence-corrected chi connectivity index (χ0v) is 19.9. The van der Waals surface area contributed by atoms with Crippen molar-refractivity contribution in [1.82, 2.24) is 0 Å². The van der Waals surface area contributed by atoms with Crippen molar-refractivity contribution >= 4 is 23.1 Å². The van der Waals surface area contributed by atoms with Crippen LogP contribution in [0.25, 0.3) is 5.76 Å². The highest BCUT2D eigenvalue weighted by atomic mass is 16.5. The number of Topliss-reactive ketones (excluding diaryl/α,β-unsaturated/α-hetero) is 1. The number of ether oxygens (including phenoxy) is 2. The number of methoxy groups -OCH3 is 2. The molecule has 4 rings (SSSR count). The molecule has 1 aliphatic heterocycles. The molecule has 1 heterocycles. The Kier molecular flexibility index (Phi) is 6.16. The summed E-state index contributed by atoms with van der Waals surface area (Å²) in [6.45, 7) is 5.61. The molecule has 3 aromatic rings. The van der Waals surface area contributed by atoms with Crippen LogP contribution in [0.5, 0.6) is 11.5 Å². The number of hydrogen-bond donors (Lipinski definition) is 1. The summed E-state index contributed by atoms with van der Waals surface area (Å²) < 4.78 is 10.7. The number of aliphatic hydroxyl groups excluding tert-OH is 1. The molecule has 0 aromatic heterocycles. The van der Waals surface area contributed by atoms with Gasteiger partial charge in [0.15, 0.2) is 0 Å². The van der Waals surface area contributed by atoms with Crippen molar-refractivity contribution in [3.8, 4) is 11.5 Å². The quantitative estimate of drug-likeness (QED) is 0.322. The van der Waals surface area contributed by atoms with Crippen molar-refractivity contribution in [3.63, 3.8) is 0 Å². The molecular formula is C28H27NO5. The summed E-state index contributed by atoms with van der Waals surface area (Å²) in [4.78, 5) is 28.1. The Balaban J connectivity index is 1.97. The number of aryl methyl sites for hydroxylation is 3. The van der Waals surface area contributed by atoms with E-state index in [1.165, 1.54) is 4.90 Å². The standard InChI is InChI=1S/C28H27NO5/c1-16-7-6-8-20(13-16)29-25(19-9-11-21(33-4)12-10-19)24(27(31)28(29)32)26(30)22-14-18(3)23(34-5)15-17(22)2/h6-15,25,30H,1-5H3/b26-24+. The van der Waals surface area contributed by atoms with Gasteiger partial charge >= 0.3 is 0 Å². The first-order valence-electron chi connectivity index (χ1n) is 10.9. The number of anilines is 1. The predicted octanol–water partition coefficient (Wildman–Crippen LogP) is 5.26. The fraction of sp³-hybridized carbons (Fsp3) is 0.214. The van der Waals surface area contributed by atoms with Gasteiger partial charge in [-0.2, -0.15) is 0 Å². The summed E-state index contributed by atoms with van der Waals surface area (Å²) in [6.07, 6.45) is 0. The molecule has 1 unspecified atom stereocenters. The Morgan fingerprint density at radius 1 is 0.882 bits per heavy atom.